The topological polar surface area (TPSA) is 77.1 Å². The first-order chi connectivity index (χ1) is 12.5. The third-order valence-electron chi connectivity index (χ3n) is 4.98. The SMILES string of the molecule is CC1(C)OB(c2cc(C(Cl)=Nc3ccc(O)cc3)c(N)cc2F)OC1(C)C. The maximum Gasteiger partial charge on any atom is 0.497 e. The maximum absolute atomic E-state index is 14.6. The number of phenols is 1. The fourth-order valence-electron chi connectivity index (χ4n) is 2.64. The Labute approximate surface area is 163 Å². The molecule has 0 aliphatic carbocycles. The van der Waals surface area contributed by atoms with Crippen molar-refractivity contribution in [1.29, 1.82) is 0 Å². The summed E-state index contributed by atoms with van der Waals surface area (Å²) in [6.07, 6.45) is 0. The molecule has 3 rings (SSSR count). The van der Waals surface area contributed by atoms with Gasteiger partial charge in [-0.2, -0.15) is 0 Å². The molecule has 1 aliphatic rings. The third-order valence-corrected chi connectivity index (χ3v) is 5.26. The van der Waals surface area contributed by atoms with Crippen LogP contribution in [0.25, 0.3) is 0 Å². The van der Waals surface area contributed by atoms with Crippen LogP contribution in [0.1, 0.15) is 33.3 Å². The number of nitrogen functional groups attached to an aromatic ring is 1. The molecule has 2 aromatic carbocycles. The number of halogens is 2. The largest absolute Gasteiger partial charge is 0.508 e. The van der Waals surface area contributed by atoms with Crippen LogP contribution in [0.15, 0.2) is 41.4 Å². The first kappa shape index (κ1) is 19.7. The van der Waals surface area contributed by atoms with E-state index < -0.39 is 24.1 Å². The summed E-state index contributed by atoms with van der Waals surface area (Å²) >= 11 is 6.33. The molecular formula is C19H21BClFN2O3. The summed E-state index contributed by atoms with van der Waals surface area (Å²) in [4.78, 5) is 4.27. The molecule has 3 N–H and O–H groups in total. The van der Waals surface area contributed by atoms with Crippen molar-refractivity contribution >= 4 is 40.7 Å². The van der Waals surface area contributed by atoms with Crippen molar-refractivity contribution in [2.45, 2.75) is 38.9 Å². The second kappa shape index (κ2) is 6.82. The van der Waals surface area contributed by atoms with Gasteiger partial charge in [0.15, 0.2) is 0 Å². The lowest BCUT2D eigenvalue weighted by atomic mass is 9.77. The van der Waals surface area contributed by atoms with Gasteiger partial charge in [-0.05, 0) is 64.1 Å². The van der Waals surface area contributed by atoms with Crippen LogP contribution in [-0.2, 0) is 9.31 Å². The Morgan fingerprint density at radius 3 is 2.22 bits per heavy atom. The number of anilines is 1. The van der Waals surface area contributed by atoms with Gasteiger partial charge in [-0.1, -0.05) is 11.6 Å². The molecule has 0 atom stereocenters. The Bertz CT molecular complexity index is 885. The van der Waals surface area contributed by atoms with Crippen LogP contribution in [0, 0.1) is 5.82 Å². The summed E-state index contributed by atoms with van der Waals surface area (Å²) in [6, 6.07) is 8.88. The van der Waals surface area contributed by atoms with Gasteiger partial charge in [0.05, 0.1) is 16.9 Å². The molecule has 0 unspecified atom stereocenters. The lowest BCUT2D eigenvalue weighted by Crippen LogP contribution is -2.41. The molecule has 0 radical (unpaired) electrons. The normalized spacial score (nSPS) is 18.7. The molecule has 1 aliphatic heterocycles. The summed E-state index contributed by atoms with van der Waals surface area (Å²) < 4.78 is 26.4. The lowest BCUT2D eigenvalue weighted by molar-refractivity contribution is 0.00578. The highest BCUT2D eigenvalue weighted by atomic mass is 35.5. The zero-order valence-electron chi connectivity index (χ0n) is 15.6. The minimum Gasteiger partial charge on any atom is -0.508 e. The second-order valence-corrected chi connectivity index (χ2v) is 7.83. The van der Waals surface area contributed by atoms with E-state index in [4.69, 9.17) is 26.6 Å². The van der Waals surface area contributed by atoms with Crippen LogP contribution in [0.5, 0.6) is 5.75 Å². The highest BCUT2D eigenvalue weighted by molar-refractivity contribution is 6.71. The Morgan fingerprint density at radius 2 is 1.67 bits per heavy atom. The van der Waals surface area contributed by atoms with Gasteiger partial charge in [0, 0.05) is 16.7 Å². The smallest absolute Gasteiger partial charge is 0.497 e. The van der Waals surface area contributed by atoms with Gasteiger partial charge >= 0.3 is 7.12 Å². The average Bonchev–Trinajstić information content (AvgIpc) is 2.77. The molecule has 142 valence electrons. The monoisotopic (exact) mass is 390 g/mol. The van der Waals surface area contributed by atoms with Crippen molar-refractivity contribution in [3.63, 3.8) is 0 Å². The van der Waals surface area contributed by atoms with Crippen molar-refractivity contribution in [1.82, 2.24) is 0 Å². The Hall–Kier alpha value is -2.09. The van der Waals surface area contributed by atoms with Crippen LogP contribution >= 0.6 is 11.6 Å². The van der Waals surface area contributed by atoms with Gasteiger partial charge in [0.2, 0.25) is 0 Å². The van der Waals surface area contributed by atoms with Gasteiger partial charge in [-0.25, -0.2) is 9.38 Å². The van der Waals surface area contributed by atoms with Crippen molar-refractivity contribution in [2.24, 2.45) is 4.99 Å². The molecule has 0 bridgehead atoms. The van der Waals surface area contributed by atoms with E-state index in [2.05, 4.69) is 4.99 Å². The number of aromatic hydroxyl groups is 1. The Balaban J connectivity index is 1.99. The van der Waals surface area contributed by atoms with Crippen molar-refractivity contribution in [3.05, 3.63) is 47.8 Å². The van der Waals surface area contributed by atoms with Gasteiger partial charge < -0.3 is 20.1 Å². The molecule has 27 heavy (non-hydrogen) atoms. The van der Waals surface area contributed by atoms with Crippen LogP contribution in [0.3, 0.4) is 0 Å². The van der Waals surface area contributed by atoms with Crippen molar-refractivity contribution < 1.29 is 18.8 Å². The summed E-state index contributed by atoms with van der Waals surface area (Å²) in [5, 5.41) is 9.45. The highest BCUT2D eigenvalue weighted by Gasteiger charge is 2.52. The number of aliphatic imine (C=N–C) groups is 1. The average molecular weight is 391 g/mol. The van der Waals surface area contributed by atoms with E-state index >= 15 is 0 Å². The van der Waals surface area contributed by atoms with Gasteiger partial charge in [0.25, 0.3) is 0 Å². The molecule has 1 fully saturated rings. The zero-order valence-corrected chi connectivity index (χ0v) is 16.3. The number of phenolic OH excluding ortho intramolecular Hbond substituents is 1. The number of benzene rings is 2. The van der Waals surface area contributed by atoms with Gasteiger partial charge in [-0.15, -0.1) is 0 Å². The molecule has 1 saturated heterocycles. The minimum atomic E-state index is -0.882. The number of nitrogens with two attached hydrogens (primary N) is 1. The van der Waals surface area contributed by atoms with Crippen LogP contribution < -0.4 is 11.2 Å². The van der Waals surface area contributed by atoms with Gasteiger partial charge in [0.1, 0.15) is 16.7 Å². The summed E-state index contributed by atoms with van der Waals surface area (Å²) in [6.45, 7) is 7.56. The second-order valence-electron chi connectivity index (χ2n) is 7.47. The number of hydrogen-bond acceptors (Lipinski definition) is 5. The molecule has 0 saturated carbocycles. The Morgan fingerprint density at radius 1 is 1.11 bits per heavy atom. The molecular weight excluding hydrogens is 369 g/mol. The van der Waals surface area contributed by atoms with Crippen LogP contribution in [0.2, 0.25) is 0 Å². The summed E-state index contributed by atoms with van der Waals surface area (Å²) in [5.74, 6) is -0.418. The predicted octanol–water partition coefficient (Wildman–Crippen LogP) is 3.73. The van der Waals surface area contributed by atoms with E-state index in [0.717, 1.165) is 0 Å². The molecule has 0 amide bonds. The molecule has 1 heterocycles. The first-order valence-electron chi connectivity index (χ1n) is 8.48. The summed E-state index contributed by atoms with van der Waals surface area (Å²) in [7, 11) is -0.882. The van der Waals surface area contributed by atoms with E-state index in [1.165, 1.54) is 24.3 Å². The maximum atomic E-state index is 14.6. The number of nitrogens with zero attached hydrogens (tertiary/aromatic N) is 1. The first-order valence-corrected chi connectivity index (χ1v) is 8.86. The number of rotatable bonds is 3. The summed E-state index contributed by atoms with van der Waals surface area (Å²) in [5.41, 5.74) is 6.00. The van der Waals surface area contributed by atoms with Crippen LogP contribution in [-0.4, -0.2) is 28.6 Å². The van der Waals surface area contributed by atoms with E-state index in [1.807, 2.05) is 27.7 Å². The zero-order chi connectivity index (χ0) is 20.0. The van der Waals surface area contributed by atoms with E-state index in [-0.39, 0.29) is 22.1 Å². The minimum absolute atomic E-state index is 0.0935. The lowest BCUT2D eigenvalue weighted by Gasteiger charge is -2.32. The Kier molecular flexibility index (Phi) is 4.97. The highest BCUT2D eigenvalue weighted by Crippen LogP contribution is 2.37. The molecule has 0 aromatic heterocycles. The van der Waals surface area contributed by atoms with Gasteiger partial charge in [-0.3, -0.25) is 0 Å². The number of hydrogen-bond donors (Lipinski definition) is 2. The van der Waals surface area contributed by atoms with E-state index in [0.29, 0.717) is 11.3 Å². The standard InChI is InChI=1S/C19H21BClFN2O3/c1-18(2)19(3,4)27-20(26-18)14-9-13(16(23)10-15(14)22)17(21)24-11-5-7-12(25)8-6-11/h5-10,25H,23H2,1-4H3. The quantitative estimate of drug-likeness (QED) is 0.475. The molecule has 2 aromatic rings. The predicted molar refractivity (Wildman–Crippen MR) is 107 cm³/mol. The molecule has 0 spiro atoms. The molecule has 8 heteroatoms. The fourth-order valence-corrected chi connectivity index (χ4v) is 2.90. The van der Waals surface area contributed by atoms with E-state index in [1.54, 1.807) is 12.1 Å². The van der Waals surface area contributed by atoms with Crippen LogP contribution in [0.4, 0.5) is 15.8 Å². The molecule has 5 nitrogen and oxygen atoms in total. The van der Waals surface area contributed by atoms with E-state index in [9.17, 15) is 9.50 Å². The van der Waals surface area contributed by atoms with Crippen molar-refractivity contribution in [2.75, 3.05) is 5.73 Å². The third kappa shape index (κ3) is 3.81. The van der Waals surface area contributed by atoms with Crippen molar-refractivity contribution in [3.8, 4) is 5.75 Å². The fraction of sp³-hybridized carbons (Fsp3) is 0.316.